The molecule has 3 aromatic rings. The first-order valence-corrected chi connectivity index (χ1v) is 9.81. The van der Waals surface area contributed by atoms with E-state index < -0.39 is 0 Å². The maximum absolute atomic E-state index is 2.44. The van der Waals surface area contributed by atoms with Crippen LogP contribution in [0.3, 0.4) is 0 Å². The van der Waals surface area contributed by atoms with Crippen molar-refractivity contribution in [1.29, 1.82) is 0 Å². The van der Waals surface area contributed by atoms with Gasteiger partial charge in [-0.15, -0.1) is 0 Å². The van der Waals surface area contributed by atoms with Crippen LogP contribution in [0.5, 0.6) is 0 Å². The molecule has 2 N–H and O–H groups in total. The van der Waals surface area contributed by atoms with Crippen LogP contribution in [0.25, 0.3) is 21.8 Å². The zero-order valence-electron chi connectivity index (χ0n) is 15.8. The van der Waals surface area contributed by atoms with Gasteiger partial charge in [-0.05, 0) is 25.1 Å². The Morgan fingerprint density at radius 2 is 1.76 bits per heavy atom. The molecule has 1 fully saturated rings. The van der Waals surface area contributed by atoms with Crippen molar-refractivity contribution in [3.8, 4) is 0 Å². The predicted molar refractivity (Wildman–Crippen MR) is 105 cm³/mol. The summed E-state index contributed by atoms with van der Waals surface area (Å²) in [7, 11) is 4.70. The molecule has 1 aliphatic heterocycles. The number of aryl methyl sites for hydroxylation is 1. The summed E-state index contributed by atoms with van der Waals surface area (Å²) in [5.41, 5.74) is 4.19. The summed E-state index contributed by atoms with van der Waals surface area (Å²) in [6, 6.07) is 16.8. The van der Waals surface area contributed by atoms with Crippen LogP contribution in [0.15, 0.2) is 42.5 Å². The smallest absolute Gasteiger partial charge is 0.103 e. The van der Waals surface area contributed by atoms with Crippen LogP contribution in [0, 0.1) is 0 Å². The van der Waals surface area contributed by atoms with Gasteiger partial charge in [-0.3, -0.25) is 0 Å². The Kier molecular flexibility index (Phi) is 4.53. The number of hydrogen-bond donors (Lipinski definition) is 2. The highest BCUT2D eigenvalue weighted by atomic mass is 15.2. The highest BCUT2D eigenvalue weighted by Crippen LogP contribution is 2.29. The van der Waals surface area contributed by atoms with Crippen molar-refractivity contribution in [3.05, 3.63) is 48.0 Å². The van der Waals surface area contributed by atoms with Gasteiger partial charge in [-0.25, -0.2) is 0 Å². The second-order valence-corrected chi connectivity index (χ2v) is 7.87. The van der Waals surface area contributed by atoms with Gasteiger partial charge in [-0.1, -0.05) is 24.3 Å². The molecule has 1 saturated heterocycles. The average Bonchev–Trinajstić information content (AvgIpc) is 2.95. The van der Waals surface area contributed by atoms with Gasteiger partial charge in [0.25, 0.3) is 0 Å². The molecular weight excluding hydrogens is 306 g/mol. The van der Waals surface area contributed by atoms with Gasteiger partial charge < -0.3 is 14.4 Å². The van der Waals surface area contributed by atoms with Crippen molar-refractivity contribution in [2.24, 2.45) is 0 Å². The lowest BCUT2D eigenvalue weighted by Crippen LogP contribution is -3.17. The molecule has 0 amide bonds. The van der Waals surface area contributed by atoms with E-state index >= 15 is 0 Å². The Bertz CT molecular complexity index is 871. The van der Waals surface area contributed by atoms with E-state index in [-0.39, 0.29) is 0 Å². The summed E-state index contributed by atoms with van der Waals surface area (Å²) in [6.45, 7) is 7.04. The quantitative estimate of drug-likeness (QED) is 0.717. The fraction of sp³-hybridized carbons (Fsp3) is 0.455. The molecule has 0 spiro atoms. The molecule has 0 saturated carbocycles. The molecular formula is C22H31N3+2. The Morgan fingerprint density at radius 3 is 2.52 bits per heavy atom. The summed E-state index contributed by atoms with van der Waals surface area (Å²) in [5.74, 6) is 0. The van der Waals surface area contributed by atoms with Crippen LogP contribution in [0.4, 0.5) is 0 Å². The third-order valence-electron chi connectivity index (χ3n) is 6.17. The molecule has 132 valence electrons. The monoisotopic (exact) mass is 337 g/mol. The largest absolute Gasteiger partial charge is 0.341 e. The van der Waals surface area contributed by atoms with E-state index in [1.165, 1.54) is 53.3 Å². The fourth-order valence-corrected chi connectivity index (χ4v) is 4.62. The molecule has 4 rings (SSSR count). The van der Waals surface area contributed by atoms with Crippen LogP contribution < -0.4 is 9.80 Å². The molecule has 0 bridgehead atoms. The van der Waals surface area contributed by atoms with E-state index in [1.54, 1.807) is 9.80 Å². The number of hydrogen-bond acceptors (Lipinski definition) is 0. The summed E-state index contributed by atoms with van der Waals surface area (Å²) >= 11 is 0. The molecule has 2 aromatic carbocycles. The zero-order chi connectivity index (χ0) is 17.4. The van der Waals surface area contributed by atoms with E-state index in [9.17, 15) is 0 Å². The number of nitrogens with one attached hydrogen (secondary N) is 2. The van der Waals surface area contributed by atoms with Crippen LogP contribution >= 0.6 is 0 Å². The van der Waals surface area contributed by atoms with E-state index in [1.807, 2.05) is 0 Å². The normalized spacial score (nSPS) is 22.5. The number of para-hydroxylation sites is 1. The summed E-state index contributed by atoms with van der Waals surface area (Å²) in [4.78, 5) is 3.36. The number of piperidine rings is 1. The van der Waals surface area contributed by atoms with Crippen LogP contribution in [0.2, 0.25) is 0 Å². The van der Waals surface area contributed by atoms with Crippen LogP contribution in [-0.2, 0) is 13.1 Å². The second-order valence-electron chi connectivity index (χ2n) is 7.87. The minimum Gasteiger partial charge on any atom is -0.341 e. The van der Waals surface area contributed by atoms with Crippen LogP contribution in [-0.4, -0.2) is 37.8 Å². The third kappa shape index (κ3) is 3.07. The Balaban J connectivity index is 1.64. The minimum absolute atomic E-state index is 0.816. The van der Waals surface area contributed by atoms with Crippen molar-refractivity contribution in [2.45, 2.75) is 38.9 Å². The predicted octanol–water partition coefficient (Wildman–Crippen LogP) is 1.51. The number of rotatable bonds is 4. The average molecular weight is 338 g/mol. The first-order chi connectivity index (χ1) is 12.2. The van der Waals surface area contributed by atoms with Gasteiger partial charge >= 0.3 is 0 Å². The first kappa shape index (κ1) is 16.6. The SMILES string of the molecule is CCn1c2ccccc2c2cc(C[NH+](C)C3CC[NH+](C)CC3)ccc21. The lowest BCUT2D eigenvalue weighted by Gasteiger charge is -2.30. The molecule has 0 radical (unpaired) electrons. The standard InChI is InChI=1S/C22H29N3/c1-4-25-21-8-6-5-7-19(21)20-15-17(9-10-22(20)25)16-24(3)18-11-13-23(2)14-12-18/h5-10,15,18H,4,11-14,16H2,1-3H3/p+2. The summed E-state index contributed by atoms with van der Waals surface area (Å²) in [6.07, 6.45) is 2.71. The Labute approximate surface area is 150 Å². The lowest BCUT2D eigenvalue weighted by molar-refractivity contribution is -0.948. The van der Waals surface area contributed by atoms with Gasteiger partial charge in [0.15, 0.2) is 0 Å². The van der Waals surface area contributed by atoms with Crippen molar-refractivity contribution >= 4 is 21.8 Å². The number of nitrogens with zero attached hydrogens (tertiary/aromatic N) is 1. The van der Waals surface area contributed by atoms with Crippen molar-refractivity contribution in [1.82, 2.24) is 4.57 Å². The van der Waals surface area contributed by atoms with E-state index in [0.29, 0.717) is 0 Å². The number of likely N-dealkylation sites (tertiary alicyclic amines) is 1. The molecule has 1 aliphatic rings. The minimum atomic E-state index is 0.816. The van der Waals surface area contributed by atoms with Crippen molar-refractivity contribution < 1.29 is 9.80 Å². The highest BCUT2D eigenvalue weighted by molar-refractivity contribution is 6.08. The zero-order valence-corrected chi connectivity index (χ0v) is 15.8. The Morgan fingerprint density at radius 1 is 1.04 bits per heavy atom. The Hall–Kier alpha value is -1.84. The number of benzene rings is 2. The molecule has 25 heavy (non-hydrogen) atoms. The van der Waals surface area contributed by atoms with E-state index in [4.69, 9.17) is 0 Å². The van der Waals surface area contributed by atoms with Gasteiger partial charge in [0.05, 0.1) is 33.2 Å². The first-order valence-electron chi connectivity index (χ1n) is 9.81. The van der Waals surface area contributed by atoms with Gasteiger partial charge in [0, 0.05) is 46.8 Å². The lowest BCUT2D eigenvalue weighted by atomic mass is 10.0. The van der Waals surface area contributed by atoms with Gasteiger partial charge in [-0.2, -0.15) is 0 Å². The second kappa shape index (κ2) is 6.81. The maximum atomic E-state index is 2.44. The number of fused-ring (bicyclic) bond motifs is 3. The number of aromatic nitrogens is 1. The highest BCUT2D eigenvalue weighted by Gasteiger charge is 2.26. The third-order valence-corrected chi connectivity index (χ3v) is 6.17. The van der Waals surface area contributed by atoms with Crippen molar-refractivity contribution in [2.75, 3.05) is 27.2 Å². The molecule has 1 aromatic heterocycles. The molecule has 0 aliphatic carbocycles. The summed E-state index contributed by atoms with van der Waals surface area (Å²) in [5, 5.41) is 2.80. The molecule has 1 unspecified atom stereocenters. The number of quaternary nitrogens is 2. The van der Waals surface area contributed by atoms with Gasteiger partial charge in [0.1, 0.15) is 6.54 Å². The maximum Gasteiger partial charge on any atom is 0.103 e. The van der Waals surface area contributed by atoms with E-state index in [2.05, 4.69) is 68.1 Å². The topological polar surface area (TPSA) is 13.8 Å². The van der Waals surface area contributed by atoms with Crippen LogP contribution in [0.1, 0.15) is 25.3 Å². The molecule has 3 nitrogen and oxygen atoms in total. The molecule has 3 heteroatoms. The van der Waals surface area contributed by atoms with Gasteiger partial charge in [0.2, 0.25) is 0 Å². The molecule has 2 heterocycles. The summed E-state index contributed by atoms with van der Waals surface area (Å²) < 4.78 is 2.44. The molecule has 1 atom stereocenters. The van der Waals surface area contributed by atoms with Crippen molar-refractivity contribution in [3.63, 3.8) is 0 Å². The fourth-order valence-electron chi connectivity index (χ4n) is 4.62. The van der Waals surface area contributed by atoms with E-state index in [0.717, 1.165) is 19.1 Å².